The third kappa shape index (κ3) is 3.05. The fraction of sp³-hybridized carbons (Fsp3) is 0.643. The predicted molar refractivity (Wildman–Crippen MR) is 73.1 cm³/mol. The van der Waals surface area contributed by atoms with Crippen molar-refractivity contribution in [2.75, 3.05) is 24.5 Å². The molecule has 2 fully saturated rings. The van der Waals surface area contributed by atoms with Gasteiger partial charge in [0, 0.05) is 38.0 Å². The maximum Gasteiger partial charge on any atom is 0.223 e. The summed E-state index contributed by atoms with van der Waals surface area (Å²) in [5.41, 5.74) is -1.28. The molecule has 0 radical (unpaired) electrons. The number of hydrogen-bond donors (Lipinski definition) is 1. The maximum atomic E-state index is 14.6. The highest BCUT2D eigenvalue weighted by molar-refractivity contribution is 5.80. The van der Waals surface area contributed by atoms with Crippen molar-refractivity contribution in [3.05, 3.63) is 18.6 Å². The number of rotatable bonds is 4. The molecule has 108 valence electrons. The number of aromatic nitrogens is 2. The van der Waals surface area contributed by atoms with E-state index < -0.39 is 5.67 Å². The van der Waals surface area contributed by atoms with E-state index in [1.165, 1.54) is 6.33 Å². The number of carbonyl (C=O) groups is 1. The van der Waals surface area contributed by atoms with Gasteiger partial charge in [0.05, 0.1) is 6.54 Å². The second kappa shape index (κ2) is 5.34. The molecule has 1 aromatic heterocycles. The monoisotopic (exact) mass is 278 g/mol. The van der Waals surface area contributed by atoms with Crippen LogP contribution >= 0.6 is 0 Å². The average molecular weight is 278 g/mol. The van der Waals surface area contributed by atoms with Crippen molar-refractivity contribution < 1.29 is 9.18 Å². The fourth-order valence-corrected chi connectivity index (χ4v) is 2.52. The van der Waals surface area contributed by atoms with Crippen LogP contribution in [0.15, 0.2) is 18.6 Å². The number of nitrogens with zero attached hydrogens (tertiary/aromatic N) is 3. The minimum atomic E-state index is -1.28. The number of halogens is 1. The van der Waals surface area contributed by atoms with Gasteiger partial charge in [-0.05, 0) is 18.9 Å². The summed E-state index contributed by atoms with van der Waals surface area (Å²) in [6.45, 7) is 1.37. The van der Waals surface area contributed by atoms with Crippen LogP contribution in [0, 0.1) is 5.92 Å². The van der Waals surface area contributed by atoms with Gasteiger partial charge in [0.1, 0.15) is 17.8 Å². The number of alkyl halides is 1. The highest BCUT2D eigenvalue weighted by atomic mass is 19.1. The molecule has 1 aliphatic heterocycles. The Morgan fingerprint density at radius 2 is 2.20 bits per heavy atom. The molecule has 0 bridgehead atoms. The third-order valence-electron chi connectivity index (χ3n) is 4.08. The van der Waals surface area contributed by atoms with Gasteiger partial charge in [-0.2, -0.15) is 0 Å². The van der Waals surface area contributed by atoms with Crippen LogP contribution in [0.1, 0.15) is 25.7 Å². The number of nitrogens with one attached hydrogen (secondary N) is 1. The number of hydrogen-bond acceptors (Lipinski definition) is 4. The van der Waals surface area contributed by atoms with Gasteiger partial charge in [0.2, 0.25) is 5.91 Å². The molecule has 1 N–H and O–H groups in total. The highest BCUT2D eigenvalue weighted by Crippen LogP contribution is 2.31. The SMILES string of the molecule is O=C(NCC1(F)CCN(c2ccncn2)CC1)C1CC1. The molecular formula is C14H19FN4O. The van der Waals surface area contributed by atoms with Crippen LogP contribution in [0.4, 0.5) is 10.2 Å². The molecule has 5 nitrogen and oxygen atoms in total. The first-order valence-corrected chi connectivity index (χ1v) is 7.14. The van der Waals surface area contributed by atoms with E-state index in [0.29, 0.717) is 25.9 Å². The molecule has 0 unspecified atom stereocenters. The van der Waals surface area contributed by atoms with E-state index in [0.717, 1.165) is 18.7 Å². The quantitative estimate of drug-likeness (QED) is 0.902. The predicted octanol–water partition coefficient (Wildman–Crippen LogP) is 1.31. The van der Waals surface area contributed by atoms with Crippen molar-refractivity contribution in [3.8, 4) is 0 Å². The van der Waals surface area contributed by atoms with Gasteiger partial charge in [0.25, 0.3) is 0 Å². The van der Waals surface area contributed by atoms with E-state index in [4.69, 9.17) is 0 Å². The molecule has 0 spiro atoms. The Hall–Kier alpha value is -1.72. The molecule has 3 rings (SSSR count). The lowest BCUT2D eigenvalue weighted by atomic mass is 9.93. The van der Waals surface area contributed by atoms with Crippen LogP contribution in [0.5, 0.6) is 0 Å². The Labute approximate surface area is 117 Å². The zero-order chi connectivity index (χ0) is 14.0. The zero-order valence-corrected chi connectivity index (χ0v) is 11.4. The van der Waals surface area contributed by atoms with Gasteiger partial charge in [-0.3, -0.25) is 4.79 Å². The van der Waals surface area contributed by atoms with Crippen LogP contribution in [0.2, 0.25) is 0 Å². The van der Waals surface area contributed by atoms with Crippen molar-refractivity contribution >= 4 is 11.7 Å². The maximum absolute atomic E-state index is 14.6. The lowest BCUT2D eigenvalue weighted by Gasteiger charge is -2.37. The molecule has 2 aliphatic rings. The Bertz CT molecular complexity index is 469. The van der Waals surface area contributed by atoms with Gasteiger partial charge in [-0.1, -0.05) is 0 Å². The summed E-state index contributed by atoms with van der Waals surface area (Å²) >= 11 is 0. The highest BCUT2D eigenvalue weighted by Gasteiger charge is 2.37. The summed E-state index contributed by atoms with van der Waals surface area (Å²) in [5.74, 6) is 0.990. The first kappa shape index (κ1) is 13.3. The van der Waals surface area contributed by atoms with Gasteiger partial charge in [0.15, 0.2) is 0 Å². The van der Waals surface area contributed by atoms with Crippen LogP contribution < -0.4 is 10.2 Å². The number of anilines is 1. The lowest BCUT2D eigenvalue weighted by Crippen LogP contribution is -2.48. The summed E-state index contributed by atoms with van der Waals surface area (Å²) in [6.07, 6.45) is 5.93. The van der Waals surface area contributed by atoms with Crippen molar-refractivity contribution in [2.24, 2.45) is 5.92 Å². The van der Waals surface area contributed by atoms with E-state index in [2.05, 4.69) is 20.2 Å². The van der Waals surface area contributed by atoms with E-state index in [9.17, 15) is 9.18 Å². The molecule has 20 heavy (non-hydrogen) atoms. The Morgan fingerprint density at radius 3 is 2.80 bits per heavy atom. The van der Waals surface area contributed by atoms with Crippen molar-refractivity contribution in [1.82, 2.24) is 15.3 Å². The summed E-state index contributed by atoms with van der Waals surface area (Å²) < 4.78 is 14.6. The molecule has 1 amide bonds. The summed E-state index contributed by atoms with van der Waals surface area (Å²) in [5, 5.41) is 2.75. The number of amides is 1. The van der Waals surface area contributed by atoms with Crippen LogP contribution in [0.3, 0.4) is 0 Å². The smallest absolute Gasteiger partial charge is 0.223 e. The van der Waals surface area contributed by atoms with Crippen LogP contribution in [-0.2, 0) is 4.79 Å². The topological polar surface area (TPSA) is 58.1 Å². The standard InChI is InChI=1S/C14H19FN4O/c15-14(9-17-13(20)11-1-2-11)4-7-19(8-5-14)12-3-6-16-10-18-12/h3,6,10-11H,1-2,4-5,7-9H2,(H,17,20). The molecule has 1 aromatic rings. The Balaban J connectivity index is 1.50. The molecule has 1 aliphatic carbocycles. The molecule has 0 atom stereocenters. The minimum Gasteiger partial charge on any atom is -0.356 e. The molecular weight excluding hydrogens is 259 g/mol. The van der Waals surface area contributed by atoms with Gasteiger partial charge in [-0.25, -0.2) is 14.4 Å². The summed E-state index contributed by atoms with van der Waals surface area (Å²) in [7, 11) is 0. The van der Waals surface area contributed by atoms with Gasteiger partial charge in [-0.15, -0.1) is 0 Å². The number of carbonyl (C=O) groups excluding carboxylic acids is 1. The first-order chi connectivity index (χ1) is 9.66. The molecule has 1 saturated heterocycles. The Morgan fingerprint density at radius 1 is 1.45 bits per heavy atom. The van der Waals surface area contributed by atoms with E-state index in [1.54, 1.807) is 6.20 Å². The largest absolute Gasteiger partial charge is 0.356 e. The normalized spacial score (nSPS) is 21.6. The zero-order valence-electron chi connectivity index (χ0n) is 11.4. The molecule has 2 heterocycles. The van der Waals surface area contributed by atoms with Gasteiger partial charge >= 0.3 is 0 Å². The average Bonchev–Trinajstić information content (AvgIpc) is 3.31. The van der Waals surface area contributed by atoms with Crippen molar-refractivity contribution in [3.63, 3.8) is 0 Å². The lowest BCUT2D eigenvalue weighted by molar-refractivity contribution is -0.123. The fourth-order valence-electron chi connectivity index (χ4n) is 2.52. The second-order valence-electron chi connectivity index (χ2n) is 5.70. The van der Waals surface area contributed by atoms with E-state index in [1.807, 2.05) is 6.07 Å². The summed E-state index contributed by atoms with van der Waals surface area (Å²) in [4.78, 5) is 21.7. The van der Waals surface area contributed by atoms with E-state index >= 15 is 0 Å². The van der Waals surface area contributed by atoms with Gasteiger partial charge < -0.3 is 10.2 Å². The second-order valence-corrected chi connectivity index (χ2v) is 5.70. The van der Waals surface area contributed by atoms with Crippen LogP contribution in [-0.4, -0.2) is 41.2 Å². The van der Waals surface area contributed by atoms with Crippen molar-refractivity contribution in [2.45, 2.75) is 31.4 Å². The van der Waals surface area contributed by atoms with E-state index in [-0.39, 0.29) is 18.4 Å². The molecule has 6 heteroatoms. The Kier molecular flexibility index (Phi) is 3.54. The number of piperidine rings is 1. The molecule has 0 aromatic carbocycles. The minimum absolute atomic E-state index is 0.0141. The molecule has 1 saturated carbocycles. The third-order valence-corrected chi connectivity index (χ3v) is 4.08. The summed E-state index contributed by atoms with van der Waals surface area (Å²) in [6, 6.07) is 1.83. The van der Waals surface area contributed by atoms with Crippen molar-refractivity contribution in [1.29, 1.82) is 0 Å². The first-order valence-electron chi connectivity index (χ1n) is 7.14. The van der Waals surface area contributed by atoms with Crippen LogP contribution in [0.25, 0.3) is 0 Å².